The van der Waals surface area contributed by atoms with Crippen molar-refractivity contribution in [1.82, 2.24) is 0 Å². The van der Waals surface area contributed by atoms with E-state index in [1.807, 2.05) is 6.92 Å². The van der Waals surface area contributed by atoms with Gasteiger partial charge in [-0.15, -0.1) is 0 Å². The SMILES string of the molecule is CC(CN)c1ccc2oc(C(F)(F)F)cc2c1. The molecule has 1 unspecified atom stereocenters. The van der Waals surface area contributed by atoms with Crippen molar-refractivity contribution in [2.75, 3.05) is 6.54 Å². The highest BCUT2D eigenvalue weighted by atomic mass is 19.4. The highest BCUT2D eigenvalue weighted by Crippen LogP contribution is 2.34. The molecule has 0 amide bonds. The van der Waals surface area contributed by atoms with Gasteiger partial charge < -0.3 is 10.2 Å². The lowest BCUT2D eigenvalue weighted by Gasteiger charge is -2.07. The predicted molar refractivity (Wildman–Crippen MR) is 58.7 cm³/mol. The van der Waals surface area contributed by atoms with Gasteiger partial charge in [-0.1, -0.05) is 13.0 Å². The van der Waals surface area contributed by atoms with Crippen LogP contribution < -0.4 is 5.73 Å². The summed E-state index contributed by atoms with van der Waals surface area (Å²) in [6, 6.07) is 5.99. The molecule has 0 aliphatic heterocycles. The molecule has 0 radical (unpaired) electrons. The van der Waals surface area contributed by atoms with Crippen LogP contribution in [0.25, 0.3) is 11.0 Å². The molecule has 2 aromatic rings. The zero-order valence-corrected chi connectivity index (χ0v) is 9.21. The maximum Gasteiger partial charge on any atom is 0.449 e. The van der Waals surface area contributed by atoms with Gasteiger partial charge in [-0.3, -0.25) is 0 Å². The molecule has 2 nitrogen and oxygen atoms in total. The van der Waals surface area contributed by atoms with Gasteiger partial charge in [-0.25, -0.2) is 0 Å². The fourth-order valence-corrected chi connectivity index (χ4v) is 1.64. The van der Waals surface area contributed by atoms with Crippen LogP contribution in [0.4, 0.5) is 13.2 Å². The van der Waals surface area contributed by atoms with Gasteiger partial charge in [0.15, 0.2) is 0 Å². The van der Waals surface area contributed by atoms with Crippen LogP contribution in [0.15, 0.2) is 28.7 Å². The first-order valence-electron chi connectivity index (χ1n) is 5.22. The summed E-state index contributed by atoms with van der Waals surface area (Å²) < 4.78 is 42.1. The molecule has 1 aromatic carbocycles. The molecule has 1 atom stereocenters. The summed E-state index contributed by atoms with van der Waals surface area (Å²) >= 11 is 0. The van der Waals surface area contributed by atoms with E-state index < -0.39 is 11.9 Å². The third-order valence-electron chi connectivity index (χ3n) is 2.74. The van der Waals surface area contributed by atoms with Crippen molar-refractivity contribution >= 4 is 11.0 Å². The Morgan fingerprint density at radius 3 is 2.59 bits per heavy atom. The van der Waals surface area contributed by atoms with Crippen LogP contribution in [0.1, 0.15) is 24.2 Å². The molecule has 5 heteroatoms. The minimum absolute atomic E-state index is 0.114. The molecule has 0 saturated carbocycles. The maximum absolute atomic E-state index is 12.4. The molecule has 2 N–H and O–H groups in total. The molecular weight excluding hydrogens is 231 g/mol. The number of benzene rings is 1. The number of hydrogen-bond acceptors (Lipinski definition) is 2. The summed E-state index contributed by atoms with van der Waals surface area (Å²) in [6.45, 7) is 2.38. The van der Waals surface area contributed by atoms with E-state index in [4.69, 9.17) is 10.2 Å². The van der Waals surface area contributed by atoms with Gasteiger partial charge in [-0.05, 0) is 36.2 Å². The van der Waals surface area contributed by atoms with Gasteiger partial charge in [-0.2, -0.15) is 13.2 Å². The molecule has 0 aliphatic carbocycles. The van der Waals surface area contributed by atoms with E-state index in [1.165, 1.54) is 0 Å². The molecule has 0 fully saturated rings. The Kier molecular flexibility index (Phi) is 2.87. The zero-order valence-electron chi connectivity index (χ0n) is 9.21. The van der Waals surface area contributed by atoms with Crippen LogP contribution in [0.5, 0.6) is 0 Å². The van der Waals surface area contributed by atoms with Gasteiger partial charge in [0.2, 0.25) is 5.76 Å². The van der Waals surface area contributed by atoms with E-state index in [0.29, 0.717) is 11.9 Å². The zero-order chi connectivity index (χ0) is 12.6. The molecule has 0 bridgehead atoms. The Bertz CT molecular complexity index is 530. The van der Waals surface area contributed by atoms with Crippen LogP contribution >= 0.6 is 0 Å². The van der Waals surface area contributed by atoms with Crippen molar-refractivity contribution in [2.45, 2.75) is 19.0 Å². The molecular formula is C12H12F3NO. The highest BCUT2D eigenvalue weighted by molar-refractivity contribution is 5.79. The Balaban J connectivity index is 2.48. The first-order chi connectivity index (χ1) is 7.91. The third kappa shape index (κ3) is 2.29. The lowest BCUT2D eigenvalue weighted by atomic mass is 10.0. The number of rotatable bonds is 2. The first kappa shape index (κ1) is 12.0. The second-order valence-corrected chi connectivity index (χ2v) is 4.04. The summed E-state index contributed by atoms with van der Waals surface area (Å²) in [7, 11) is 0. The molecule has 1 heterocycles. The maximum atomic E-state index is 12.4. The molecule has 0 aliphatic rings. The average molecular weight is 243 g/mol. The van der Waals surface area contributed by atoms with Gasteiger partial charge in [0.25, 0.3) is 0 Å². The summed E-state index contributed by atoms with van der Waals surface area (Å²) in [5.41, 5.74) is 6.67. The van der Waals surface area contributed by atoms with E-state index in [-0.39, 0.29) is 11.5 Å². The smallest absolute Gasteiger partial charge is 0.449 e. The minimum Gasteiger partial charge on any atom is -0.452 e. The normalized spacial score (nSPS) is 14.2. The molecule has 1 aromatic heterocycles. The van der Waals surface area contributed by atoms with Crippen LogP contribution in [-0.2, 0) is 6.18 Å². The van der Waals surface area contributed by atoms with Gasteiger partial charge in [0, 0.05) is 5.39 Å². The summed E-state index contributed by atoms with van der Waals surface area (Å²) in [6.07, 6.45) is -4.45. The summed E-state index contributed by atoms with van der Waals surface area (Å²) in [5.74, 6) is -0.853. The van der Waals surface area contributed by atoms with E-state index in [1.54, 1.807) is 18.2 Å². The fraction of sp³-hybridized carbons (Fsp3) is 0.333. The first-order valence-corrected chi connectivity index (χ1v) is 5.22. The second-order valence-electron chi connectivity index (χ2n) is 4.04. The van der Waals surface area contributed by atoms with Gasteiger partial charge in [0.1, 0.15) is 5.58 Å². The number of furan rings is 1. The van der Waals surface area contributed by atoms with Crippen LogP contribution in [0.2, 0.25) is 0 Å². The van der Waals surface area contributed by atoms with E-state index in [0.717, 1.165) is 11.6 Å². The van der Waals surface area contributed by atoms with Crippen LogP contribution in [0.3, 0.4) is 0 Å². The summed E-state index contributed by atoms with van der Waals surface area (Å²) in [4.78, 5) is 0. The van der Waals surface area contributed by atoms with E-state index in [9.17, 15) is 13.2 Å². The number of hydrogen-bond donors (Lipinski definition) is 1. The Labute approximate surface area is 96.2 Å². The highest BCUT2D eigenvalue weighted by Gasteiger charge is 2.35. The Morgan fingerprint density at radius 2 is 2.00 bits per heavy atom. The molecule has 0 spiro atoms. The largest absolute Gasteiger partial charge is 0.452 e. The number of alkyl halides is 3. The quantitative estimate of drug-likeness (QED) is 0.876. The average Bonchev–Trinajstić information content (AvgIpc) is 2.70. The minimum atomic E-state index is -4.45. The number of halogens is 3. The predicted octanol–water partition coefficient (Wildman–Crippen LogP) is 3.51. The fourth-order valence-electron chi connectivity index (χ4n) is 1.64. The van der Waals surface area contributed by atoms with Crippen molar-refractivity contribution in [3.63, 3.8) is 0 Å². The standard InChI is InChI=1S/C12H12F3NO/c1-7(6-16)8-2-3-10-9(4-8)5-11(17-10)12(13,14)15/h2-5,7H,6,16H2,1H3. The lowest BCUT2D eigenvalue weighted by Crippen LogP contribution is -2.08. The van der Waals surface area contributed by atoms with E-state index >= 15 is 0 Å². The van der Waals surface area contributed by atoms with Crippen LogP contribution in [-0.4, -0.2) is 6.54 Å². The van der Waals surface area contributed by atoms with Crippen molar-refractivity contribution < 1.29 is 17.6 Å². The van der Waals surface area contributed by atoms with Crippen molar-refractivity contribution in [2.24, 2.45) is 5.73 Å². The van der Waals surface area contributed by atoms with Crippen molar-refractivity contribution in [3.05, 3.63) is 35.6 Å². The molecule has 0 saturated heterocycles. The van der Waals surface area contributed by atoms with Crippen molar-refractivity contribution in [3.8, 4) is 0 Å². The molecule has 2 rings (SSSR count). The molecule has 17 heavy (non-hydrogen) atoms. The number of nitrogens with two attached hydrogens (primary N) is 1. The van der Waals surface area contributed by atoms with Gasteiger partial charge in [0.05, 0.1) is 0 Å². The molecule has 92 valence electrons. The number of fused-ring (bicyclic) bond motifs is 1. The topological polar surface area (TPSA) is 39.2 Å². The van der Waals surface area contributed by atoms with Crippen molar-refractivity contribution in [1.29, 1.82) is 0 Å². The van der Waals surface area contributed by atoms with Crippen LogP contribution in [0, 0.1) is 0 Å². The Morgan fingerprint density at radius 1 is 1.29 bits per heavy atom. The third-order valence-corrected chi connectivity index (χ3v) is 2.74. The second kappa shape index (κ2) is 4.07. The Hall–Kier alpha value is -1.49. The summed E-state index contributed by atoms with van der Waals surface area (Å²) in [5, 5.41) is 0.454. The lowest BCUT2D eigenvalue weighted by molar-refractivity contribution is -0.152. The van der Waals surface area contributed by atoms with E-state index in [2.05, 4.69) is 0 Å². The monoisotopic (exact) mass is 243 g/mol. The van der Waals surface area contributed by atoms with Gasteiger partial charge >= 0.3 is 6.18 Å².